The van der Waals surface area contributed by atoms with Crippen LogP contribution in [0.15, 0.2) is 83.8 Å². The van der Waals surface area contributed by atoms with Crippen molar-refractivity contribution in [2.45, 2.75) is 30.1 Å². The second-order valence-electron chi connectivity index (χ2n) is 8.49. The number of benzene rings is 3. The summed E-state index contributed by atoms with van der Waals surface area (Å²) in [7, 11) is -3.80. The highest BCUT2D eigenvalue weighted by molar-refractivity contribution is 7.92. The maximum absolute atomic E-state index is 13.0. The van der Waals surface area contributed by atoms with Crippen molar-refractivity contribution < 1.29 is 23.1 Å². The van der Waals surface area contributed by atoms with Gasteiger partial charge in [0.05, 0.1) is 16.0 Å². The maximum Gasteiger partial charge on any atom is 0.314 e. The van der Waals surface area contributed by atoms with Crippen molar-refractivity contribution in [2.24, 2.45) is 0 Å². The number of aliphatic carboxylic acids is 1. The van der Waals surface area contributed by atoms with E-state index in [2.05, 4.69) is 4.72 Å². The molecule has 4 rings (SSSR count). The molecule has 1 fully saturated rings. The van der Waals surface area contributed by atoms with Crippen LogP contribution in [-0.2, 0) is 20.2 Å². The van der Waals surface area contributed by atoms with E-state index in [1.54, 1.807) is 17.0 Å². The molecule has 1 saturated heterocycles. The zero-order valence-electron chi connectivity index (χ0n) is 18.8. The fourth-order valence-electron chi connectivity index (χ4n) is 4.33. The lowest BCUT2D eigenvalue weighted by Crippen LogP contribution is -2.49. The molecule has 0 aromatic heterocycles. The molecule has 8 heteroatoms. The first kappa shape index (κ1) is 23.5. The molecule has 34 heavy (non-hydrogen) atoms. The summed E-state index contributed by atoms with van der Waals surface area (Å²) in [6, 6.07) is 22.0. The van der Waals surface area contributed by atoms with Gasteiger partial charge < -0.3 is 10.0 Å². The van der Waals surface area contributed by atoms with E-state index in [1.165, 1.54) is 24.3 Å². The van der Waals surface area contributed by atoms with Gasteiger partial charge in [-0.15, -0.1) is 0 Å². The molecule has 1 amide bonds. The van der Waals surface area contributed by atoms with Gasteiger partial charge in [0.15, 0.2) is 0 Å². The van der Waals surface area contributed by atoms with E-state index in [0.717, 1.165) is 11.1 Å². The van der Waals surface area contributed by atoms with Crippen LogP contribution in [-0.4, -0.2) is 43.4 Å². The minimum absolute atomic E-state index is 0.0555. The number of likely N-dealkylation sites (tertiary alicyclic amines) is 1. The van der Waals surface area contributed by atoms with Crippen molar-refractivity contribution in [3.8, 4) is 0 Å². The Morgan fingerprint density at radius 3 is 2.06 bits per heavy atom. The largest absolute Gasteiger partial charge is 0.481 e. The van der Waals surface area contributed by atoms with Crippen LogP contribution in [0.1, 0.15) is 34.3 Å². The number of nitrogens with zero attached hydrogens (tertiary/aromatic N) is 1. The summed E-state index contributed by atoms with van der Waals surface area (Å²) in [5, 5.41) is 9.95. The molecule has 1 aliphatic heterocycles. The zero-order valence-corrected chi connectivity index (χ0v) is 19.6. The fraction of sp³-hybridized carbons (Fsp3) is 0.231. The lowest BCUT2D eigenvalue weighted by molar-refractivity contribution is -0.145. The van der Waals surface area contributed by atoms with Crippen LogP contribution in [0.2, 0.25) is 0 Å². The van der Waals surface area contributed by atoms with Crippen molar-refractivity contribution in [1.29, 1.82) is 0 Å². The molecule has 0 spiro atoms. The Balaban J connectivity index is 1.46. The molecule has 3 aromatic carbocycles. The van der Waals surface area contributed by atoms with E-state index in [1.807, 2.05) is 49.4 Å². The topological polar surface area (TPSA) is 104 Å². The normalized spacial score (nSPS) is 15.5. The molecule has 176 valence electrons. The van der Waals surface area contributed by atoms with Gasteiger partial charge in [-0.3, -0.25) is 14.3 Å². The van der Waals surface area contributed by atoms with Crippen LogP contribution in [0.5, 0.6) is 0 Å². The number of piperidine rings is 1. The number of aryl methyl sites for hydroxylation is 1. The van der Waals surface area contributed by atoms with Crippen LogP contribution in [0.3, 0.4) is 0 Å². The van der Waals surface area contributed by atoms with Crippen LogP contribution >= 0.6 is 0 Å². The average Bonchev–Trinajstić information content (AvgIpc) is 2.85. The van der Waals surface area contributed by atoms with E-state index in [9.17, 15) is 23.1 Å². The van der Waals surface area contributed by atoms with Gasteiger partial charge in [0, 0.05) is 18.7 Å². The molecule has 0 saturated carbocycles. The molecular formula is C26H26N2O5S. The molecule has 0 radical (unpaired) electrons. The Labute approximate surface area is 199 Å². The summed E-state index contributed by atoms with van der Waals surface area (Å²) in [6.07, 6.45) is 0.621. The maximum atomic E-state index is 13.0. The van der Waals surface area contributed by atoms with Crippen molar-refractivity contribution >= 4 is 27.6 Å². The molecule has 0 unspecified atom stereocenters. The molecule has 0 atom stereocenters. The number of nitrogens with one attached hydrogen (secondary N) is 1. The number of anilines is 1. The molecule has 0 bridgehead atoms. The summed E-state index contributed by atoms with van der Waals surface area (Å²) < 4.78 is 28.1. The first-order valence-electron chi connectivity index (χ1n) is 11.0. The predicted octanol–water partition coefficient (Wildman–Crippen LogP) is 4.05. The zero-order chi connectivity index (χ0) is 24.3. The van der Waals surface area contributed by atoms with E-state index in [0.29, 0.717) is 37.2 Å². The van der Waals surface area contributed by atoms with Gasteiger partial charge in [0.1, 0.15) is 0 Å². The molecule has 3 aromatic rings. The number of amides is 1. The van der Waals surface area contributed by atoms with Crippen molar-refractivity contribution in [1.82, 2.24) is 4.90 Å². The summed E-state index contributed by atoms with van der Waals surface area (Å²) in [5.74, 6) is -1.13. The highest BCUT2D eigenvalue weighted by Gasteiger charge is 2.43. The quantitative estimate of drug-likeness (QED) is 0.556. The van der Waals surface area contributed by atoms with E-state index < -0.39 is 21.4 Å². The number of rotatable bonds is 6. The second-order valence-corrected chi connectivity index (χ2v) is 10.2. The third-order valence-electron chi connectivity index (χ3n) is 6.44. The number of carbonyl (C=O) groups excluding carboxylic acids is 1. The second kappa shape index (κ2) is 9.30. The highest BCUT2D eigenvalue weighted by atomic mass is 32.2. The SMILES string of the molecule is Cc1ccccc1NS(=O)(=O)c1ccc(C(=O)N2CCC(C(=O)O)(c3ccccc3)CC2)cc1. The lowest BCUT2D eigenvalue weighted by Gasteiger charge is -2.39. The highest BCUT2D eigenvalue weighted by Crippen LogP contribution is 2.36. The first-order chi connectivity index (χ1) is 16.2. The Kier molecular flexibility index (Phi) is 6.43. The number of para-hydroxylation sites is 1. The summed E-state index contributed by atoms with van der Waals surface area (Å²) in [5.41, 5.74) is 1.38. The number of hydrogen-bond acceptors (Lipinski definition) is 4. The number of carboxylic acid groups (broad SMARTS) is 1. The van der Waals surface area contributed by atoms with Crippen LogP contribution in [0.4, 0.5) is 5.69 Å². The lowest BCUT2D eigenvalue weighted by atomic mass is 9.73. The third kappa shape index (κ3) is 4.54. The molecular weight excluding hydrogens is 452 g/mol. The number of sulfonamides is 1. The monoisotopic (exact) mass is 478 g/mol. The summed E-state index contributed by atoms with van der Waals surface area (Å²) in [6.45, 7) is 2.42. The van der Waals surface area contributed by atoms with Gasteiger partial charge in [-0.05, 0) is 61.2 Å². The Morgan fingerprint density at radius 2 is 1.47 bits per heavy atom. The van der Waals surface area contributed by atoms with Gasteiger partial charge in [-0.25, -0.2) is 8.42 Å². The molecule has 1 heterocycles. The van der Waals surface area contributed by atoms with E-state index in [4.69, 9.17) is 0 Å². The van der Waals surface area contributed by atoms with Crippen molar-refractivity contribution in [3.05, 3.63) is 95.6 Å². The first-order valence-corrected chi connectivity index (χ1v) is 12.5. The Hall–Kier alpha value is -3.65. The van der Waals surface area contributed by atoms with Gasteiger partial charge in [0.25, 0.3) is 15.9 Å². The van der Waals surface area contributed by atoms with Crippen LogP contribution < -0.4 is 4.72 Å². The average molecular weight is 479 g/mol. The molecule has 0 aliphatic carbocycles. The van der Waals surface area contributed by atoms with E-state index >= 15 is 0 Å². The summed E-state index contributed by atoms with van der Waals surface area (Å²) >= 11 is 0. The van der Waals surface area contributed by atoms with Crippen LogP contribution in [0.25, 0.3) is 0 Å². The molecule has 2 N–H and O–H groups in total. The van der Waals surface area contributed by atoms with Gasteiger partial charge in [-0.1, -0.05) is 48.5 Å². The predicted molar refractivity (Wildman–Crippen MR) is 129 cm³/mol. The Bertz CT molecular complexity index is 1300. The number of carboxylic acids is 1. The van der Waals surface area contributed by atoms with Crippen molar-refractivity contribution in [2.75, 3.05) is 17.8 Å². The smallest absolute Gasteiger partial charge is 0.314 e. The summed E-state index contributed by atoms with van der Waals surface area (Å²) in [4.78, 5) is 26.8. The van der Waals surface area contributed by atoms with Gasteiger partial charge in [0.2, 0.25) is 0 Å². The van der Waals surface area contributed by atoms with Gasteiger partial charge >= 0.3 is 5.97 Å². The Morgan fingerprint density at radius 1 is 0.882 bits per heavy atom. The fourth-order valence-corrected chi connectivity index (χ4v) is 5.46. The van der Waals surface area contributed by atoms with Gasteiger partial charge in [-0.2, -0.15) is 0 Å². The molecule has 7 nitrogen and oxygen atoms in total. The molecule has 1 aliphatic rings. The van der Waals surface area contributed by atoms with Crippen LogP contribution in [0, 0.1) is 6.92 Å². The third-order valence-corrected chi connectivity index (χ3v) is 7.82. The number of hydrogen-bond donors (Lipinski definition) is 2. The number of carbonyl (C=O) groups is 2. The minimum atomic E-state index is -3.80. The van der Waals surface area contributed by atoms with Crippen molar-refractivity contribution in [3.63, 3.8) is 0 Å². The minimum Gasteiger partial charge on any atom is -0.481 e. The standard InChI is InChI=1S/C26H26N2O5S/c1-19-7-5-6-10-23(19)27-34(32,33)22-13-11-20(12-14-22)24(29)28-17-15-26(16-18-28,25(30)31)21-8-3-2-4-9-21/h2-14,27H,15-18H2,1H3,(H,30,31). The van der Waals surface area contributed by atoms with E-state index in [-0.39, 0.29) is 10.8 Å².